The van der Waals surface area contributed by atoms with Crippen molar-refractivity contribution < 1.29 is 9.53 Å². The molecule has 0 saturated heterocycles. The predicted molar refractivity (Wildman–Crippen MR) is 94.9 cm³/mol. The lowest BCUT2D eigenvalue weighted by Crippen LogP contribution is -2.12. The van der Waals surface area contributed by atoms with Gasteiger partial charge in [-0.15, -0.1) is 23.1 Å². The van der Waals surface area contributed by atoms with Gasteiger partial charge in [0.15, 0.2) is 0 Å². The number of carbonyl (C=O) groups excluding carboxylic acids is 1. The second-order valence-corrected chi connectivity index (χ2v) is 6.58. The molecule has 0 atom stereocenters. The Kier molecular flexibility index (Phi) is 4.49. The van der Waals surface area contributed by atoms with Gasteiger partial charge in [0.2, 0.25) is 0 Å². The van der Waals surface area contributed by atoms with Gasteiger partial charge in [-0.3, -0.25) is 4.79 Å². The van der Waals surface area contributed by atoms with Crippen LogP contribution >= 0.6 is 23.1 Å². The fourth-order valence-corrected chi connectivity index (χ4v) is 3.98. The monoisotopic (exact) mass is 345 g/mol. The molecule has 118 valence electrons. The topological polar surface area (TPSA) is 64.1 Å². The van der Waals surface area contributed by atoms with E-state index in [-0.39, 0.29) is 5.91 Å². The first kappa shape index (κ1) is 15.8. The highest BCUT2D eigenvalue weighted by atomic mass is 32.2. The molecule has 23 heavy (non-hydrogen) atoms. The number of nitrogens with one attached hydrogen (secondary N) is 1. The zero-order chi connectivity index (χ0) is 16.4. The maximum Gasteiger partial charge on any atom is 0.258 e. The van der Waals surface area contributed by atoms with Crippen molar-refractivity contribution >= 4 is 44.9 Å². The molecular weight excluding hydrogens is 330 g/mol. The first-order valence-electron chi connectivity index (χ1n) is 6.85. The van der Waals surface area contributed by atoms with Crippen molar-refractivity contribution in [3.05, 3.63) is 41.0 Å². The van der Waals surface area contributed by atoms with E-state index < -0.39 is 0 Å². The third kappa shape index (κ3) is 3.16. The SMILES string of the molecule is COc1cc(C)cc(NC(=O)c2csc3c(SC)ncnc23)c1. The van der Waals surface area contributed by atoms with E-state index in [1.54, 1.807) is 24.9 Å². The zero-order valence-corrected chi connectivity index (χ0v) is 14.5. The zero-order valence-electron chi connectivity index (χ0n) is 12.9. The predicted octanol–water partition coefficient (Wildman–Crippen LogP) is 3.98. The summed E-state index contributed by atoms with van der Waals surface area (Å²) in [5, 5.41) is 5.62. The Morgan fingerprint density at radius 1 is 1.30 bits per heavy atom. The van der Waals surface area contributed by atoms with Crippen molar-refractivity contribution in [3.8, 4) is 5.75 Å². The fourth-order valence-electron chi connectivity index (χ4n) is 2.27. The van der Waals surface area contributed by atoms with Crippen LogP contribution in [0.4, 0.5) is 5.69 Å². The van der Waals surface area contributed by atoms with Crippen LogP contribution < -0.4 is 10.1 Å². The number of methoxy groups -OCH3 is 1. The number of thiophene rings is 1. The van der Waals surface area contributed by atoms with Crippen molar-refractivity contribution in [2.24, 2.45) is 0 Å². The Bertz CT molecular complexity index is 877. The molecule has 3 aromatic rings. The van der Waals surface area contributed by atoms with Gasteiger partial charge >= 0.3 is 0 Å². The summed E-state index contributed by atoms with van der Waals surface area (Å²) in [6, 6.07) is 5.60. The number of nitrogens with zero attached hydrogens (tertiary/aromatic N) is 2. The molecule has 0 radical (unpaired) electrons. The summed E-state index contributed by atoms with van der Waals surface area (Å²) >= 11 is 3.03. The highest BCUT2D eigenvalue weighted by Gasteiger charge is 2.16. The van der Waals surface area contributed by atoms with E-state index >= 15 is 0 Å². The second kappa shape index (κ2) is 6.55. The Balaban J connectivity index is 1.94. The van der Waals surface area contributed by atoms with Gasteiger partial charge in [-0.2, -0.15) is 0 Å². The van der Waals surface area contributed by atoms with Gasteiger partial charge < -0.3 is 10.1 Å². The minimum Gasteiger partial charge on any atom is -0.497 e. The summed E-state index contributed by atoms with van der Waals surface area (Å²) in [4.78, 5) is 21.1. The van der Waals surface area contributed by atoms with Gasteiger partial charge in [-0.25, -0.2) is 9.97 Å². The Labute approximate surface area is 142 Å². The molecule has 0 aliphatic heterocycles. The smallest absolute Gasteiger partial charge is 0.258 e. The fraction of sp³-hybridized carbons (Fsp3) is 0.188. The average molecular weight is 345 g/mol. The number of carbonyl (C=O) groups is 1. The summed E-state index contributed by atoms with van der Waals surface area (Å²) in [6.45, 7) is 1.95. The molecule has 1 amide bonds. The number of ether oxygens (including phenoxy) is 1. The van der Waals surface area contributed by atoms with E-state index in [1.165, 1.54) is 17.7 Å². The first-order valence-corrected chi connectivity index (χ1v) is 8.96. The molecule has 2 heterocycles. The van der Waals surface area contributed by atoms with Gasteiger partial charge in [-0.1, -0.05) is 0 Å². The standard InChI is InChI=1S/C16H15N3O2S2/c1-9-4-10(6-11(5-9)21-2)19-15(20)12-7-23-14-13(12)17-8-18-16(14)22-3/h4-8H,1-3H3,(H,19,20). The Morgan fingerprint density at radius 3 is 2.87 bits per heavy atom. The summed E-state index contributed by atoms with van der Waals surface area (Å²) in [5.74, 6) is 0.525. The van der Waals surface area contributed by atoms with Crippen LogP contribution in [0, 0.1) is 6.92 Å². The van der Waals surface area contributed by atoms with Crippen LogP contribution in [0.3, 0.4) is 0 Å². The molecular formula is C16H15N3O2S2. The molecule has 1 aromatic carbocycles. The summed E-state index contributed by atoms with van der Waals surface area (Å²) in [7, 11) is 1.60. The van der Waals surface area contributed by atoms with Crippen LogP contribution in [0.25, 0.3) is 10.2 Å². The average Bonchev–Trinajstić information content (AvgIpc) is 2.98. The molecule has 0 spiro atoms. The molecule has 0 aliphatic carbocycles. The third-order valence-corrected chi connectivity index (χ3v) is 5.10. The molecule has 2 aromatic heterocycles. The van der Waals surface area contributed by atoms with Crippen LogP contribution in [0.15, 0.2) is 34.9 Å². The van der Waals surface area contributed by atoms with E-state index in [0.717, 1.165) is 15.3 Å². The lowest BCUT2D eigenvalue weighted by atomic mass is 10.2. The van der Waals surface area contributed by atoms with Gasteiger partial charge in [-0.05, 0) is 30.9 Å². The van der Waals surface area contributed by atoms with Gasteiger partial charge in [0, 0.05) is 17.1 Å². The quantitative estimate of drug-likeness (QED) is 0.572. The van der Waals surface area contributed by atoms with Crippen molar-refractivity contribution in [3.63, 3.8) is 0 Å². The number of aromatic nitrogens is 2. The van der Waals surface area contributed by atoms with Crippen LogP contribution in [0.5, 0.6) is 5.75 Å². The number of anilines is 1. The molecule has 0 aliphatic rings. The largest absolute Gasteiger partial charge is 0.497 e. The van der Waals surface area contributed by atoms with Gasteiger partial charge in [0.05, 0.1) is 22.9 Å². The Hall–Kier alpha value is -2.12. The number of fused-ring (bicyclic) bond motifs is 1. The molecule has 3 rings (SSSR count). The second-order valence-electron chi connectivity index (χ2n) is 4.90. The van der Waals surface area contributed by atoms with E-state index in [4.69, 9.17) is 4.74 Å². The molecule has 5 nitrogen and oxygen atoms in total. The van der Waals surface area contributed by atoms with E-state index in [0.29, 0.717) is 22.5 Å². The maximum absolute atomic E-state index is 12.6. The number of rotatable bonds is 4. The van der Waals surface area contributed by atoms with Crippen LogP contribution in [-0.4, -0.2) is 29.2 Å². The normalized spacial score (nSPS) is 10.7. The number of thioether (sulfide) groups is 1. The molecule has 1 N–H and O–H groups in total. The summed E-state index contributed by atoms with van der Waals surface area (Å²) < 4.78 is 6.17. The number of hydrogen-bond donors (Lipinski definition) is 1. The Morgan fingerprint density at radius 2 is 2.13 bits per heavy atom. The van der Waals surface area contributed by atoms with Crippen LogP contribution in [0.1, 0.15) is 15.9 Å². The number of amides is 1. The van der Waals surface area contributed by atoms with Crippen molar-refractivity contribution in [1.29, 1.82) is 0 Å². The molecule has 7 heteroatoms. The van der Waals surface area contributed by atoms with Gasteiger partial charge in [0.1, 0.15) is 17.1 Å². The van der Waals surface area contributed by atoms with E-state index in [1.807, 2.05) is 30.7 Å². The maximum atomic E-state index is 12.6. The number of hydrogen-bond acceptors (Lipinski definition) is 6. The van der Waals surface area contributed by atoms with Crippen LogP contribution in [-0.2, 0) is 0 Å². The lowest BCUT2D eigenvalue weighted by Gasteiger charge is -2.08. The van der Waals surface area contributed by atoms with Gasteiger partial charge in [0.25, 0.3) is 5.91 Å². The van der Waals surface area contributed by atoms with E-state index in [9.17, 15) is 4.79 Å². The van der Waals surface area contributed by atoms with Crippen molar-refractivity contribution in [1.82, 2.24) is 9.97 Å². The van der Waals surface area contributed by atoms with Crippen molar-refractivity contribution in [2.75, 3.05) is 18.7 Å². The number of benzene rings is 1. The highest BCUT2D eigenvalue weighted by Crippen LogP contribution is 2.31. The number of aryl methyl sites for hydroxylation is 1. The molecule has 0 unspecified atom stereocenters. The lowest BCUT2D eigenvalue weighted by molar-refractivity contribution is 0.102. The minimum atomic E-state index is -0.186. The van der Waals surface area contributed by atoms with E-state index in [2.05, 4.69) is 15.3 Å². The molecule has 0 fully saturated rings. The molecule has 0 bridgehead atoms. The minimum absolute atomic E-state index is 0.186. The highest BCUT2D eigenvalue weighted by molar-refractivity contribution is 7.98. The summed E-state index contributed by atoms with van der Waals surface area (Å²) in [5.41, 5.74) is 2.96. The van der Waals surface area contributed by atoms with Crippen LogP contribution in [0.2, 0.25) is 0 Å². The first-order chi connectivity index (χ1) is 11.1. The summed E-state index contributed by atoms with van der Waals surface area (Å²) in [6.07, 6.45) is 3.45. The third-order valence-electron chi connectivity index (χ3n) is 3.30. The molecule has 0 saturated carbocycles. The van der Waals surface area contributed by atoms with Crippen molar-refractivity contribution in [2.45, 2.75) is 11.9 Å².